The third-order valence-corrected chi connectivity index (χ3v) is 5.53. The van der Waals surface area contributed by atoms with Crippen molar-refractivity contribution < 1.29 is 14.3 Å². The Kier molecular flexibility index (Phi) is 7.95. The maximum Gasteiger partial charge on any atom is 0.313 e. The van der Waals surface area contributed by atoms with Crippen LogP contribution in [-0.2, 0) is 14.3 Å². The minimum atomic E-state index is -0.563. The zero-order valence-electron chi connectivity index (χ0n) is 15.4. The maximum atomic E-state index is 12.2. The summed E-state index contributed by atoms with van der Waals surface area (Å²) in [6, 6.07) is 5.85. The molecule has 0 aromatic heterocycles. The molecule has 1 aromatic carbocycles. The maximum absolute atomic E-state index is 12.2. The number of rotatable bonds is 8. The van der Waals surface area contributed by atoms with Crippen LogP contribution in [0.3, 0.4) is 0 Å². The van der Waals surface area contributed by atoms with Gasteiger partial charge in [0.25, 0.3) is 0 Å². The summed E-state index contributed by atoms with van der Waals surface area (Å²) in [5, 5.41) is 0.708. The van der Waals surface area contributed by atoms with Gasteiger partial charge in [0.2, 0.25) is 0 Å². The van der Waals surface area contributed by atoms with Crippen LogP contribution in [0.2, 0.25) is 5.02 Å². The van der Waals surface area contributed by atoms with Crippen LogP contribution >= 0.6 is 11.6 Å². The third kappa shape index (κ3) is 5.57. The minimum Gasteiger partial charge on any atom is -0.469 e. The zero-order chi connectivity index (χ0) is 18.2. The van der Waals surface area contributed by atoms with Gasteiger partial charge in [0, 0.05) is 17.9 Å². The lowest BCUT2D eigenvalue weighted by molar-refractivity contribution is -0.144. The molecule has 0 bridgehead atoms. The molecule has 0 N–H and O–H groups in total. The summed E-state index contributed by atoms with van der Waals surface area (Å²) >= 11 is 6.54. The number of carbonyl (C=O) groups excluding carboxylic acids is 2. The standard InChI is InChI=1S/C21H29ClO3/c1-3-4-10-17(23)14-19(21(24)25-2)16-11-12-18(20(22)13-16)15-8-6-5-7-9-15/h11-13,15,19H,3-10,14H2,1-2H3. The fourth-order valence-corrected chi connectivity index (χ4v) is 4.03. The fourth-order valence-electron chi connectivity index (χ4n) is 3.69. The number of unbranched alkanes of at least 4 members (excludes halogenated alkanes) is 1. The van der Waals surface area contributed by atoms with E-state index in [1.54, 1.807) is 0 Å². The van der Waals surface area contributed by atoms with Gasteiger partial charge in [0.05, 0.1) is 13.0 Å². The molecule has 0 heterocycles. The number of esters is 1. The van der Waals surface area contributed by atoms with Crippen LogP contribution in [0.5, 0.6) is 0 Å². The molecule has 1 atom stereocenters. The van der Waals surface area contributed by atoms with Gasteiger partial charge in [-0.05, 0) is 42.4 Å². The van der Waals surface area contributed by atoms with E-state index in [0.717, 1.165) is 18.4 Å². The van der Waals surface area contributed by atoms with Crippen LogP contribution in [0.4, 0.5) is 0 Å². The van der Waals surface area contributed by atoms with E-state index in [2.05, 4.69) is 6.92 Å². The first-order chi connectivity index (χ1) is 12.1. The SMILES string of the molecule is CCCCC(=O)CC(C(=O)OC)c1ccc(C2CCCCC2)c(Cl)c1. The van der Waals surface area contributed by atoms with E-state index in [-0.39, 0.29) is 18.2 Å². The lowest BCUT2D eigenvalue weighted by Crippen LogP contribution is -2.18. The van der Waals surface area contributed by atoms with Crippen molar-refractivity contribution in [1.82, 2.24) is 0 Å². The first-order valence-electron chi connectivity index (χ1n) is 9.45. The van der Waals surface area contributed by atoms with E-state index < -0.39 is 5.92 Å². The summed E-state index contributed by atoms with van der Waals surface area (Å²) in [5.41, 5.74) is 1.95. The van der Waals surface area contributed by atoms with E-state index in [0.29, 0.717) is 17.4 Å². The first kappa shape index (κ1) is 20.0. The van der Waals surface area contributed by atoms with Crippen molar-refractivity contribution in [2.45, 2.75) is 76.5 Å². The van der Waals surface area contributed by atoms with Crippen molar-refractivity contribution >= 4 is 23.4 Å². The fraction of sp³-hybridized carbons (Fsp3) is 0.619. The van der Waals surface area contributed by atoms with Crippen LogP contribution in [0.15, 0.2) is 18.2 Å². The first-order valence-corrected chi connectivity index (χ1v) is 9.83. The Balaban J connectivity index is 2.17. The van der Waals surface area contributed by atoms with Crippen molar-refractivity contribution in [2.24, 2.45) is 0 Å². The van der Waals surface area contributed by atoms with Gasteiger partial charge < -0.3 is 4.74 Å². The van der Waals surface area contributed by atoms with Crippen LogP contribution in [0.25, 0.3) is 0 Å². The highest BCUT2D eigenvalue weighted by Gasteiger charge is 2.26. The Bertz CT molecular complexity index is 591. The second kappa shape index (κ2) is 9.96. The van der Waals surface area contributed by atoms with Crippen molar-refractivity contribution in [3.05, 3.63) is 34.3 Å². The molecule has 0 amide bonds. The molecule has 0 radical (unpaired) electrons. The molecule has 2 rings (SSSR count). The molecule has 1 aliphatic carbocycles. The van der Waals surface area contributed by atoms with Gasteiger partial charge in [-0.15, -0.1) is 0 Å². The quantitative estimate of drug-likeness (QED) is 0.548. The molecule has 0 aliphatic heterocycles. The van der Waals surface area contributed by atoms with E-state index in [4.69, 9.17) is 16.3 Å². The van der Waals surface area contributed by atoms with Crippen LogP contribution < -0.4 is 0 Å². The lowest BCUT2D eigenvalue weighted by atomic mass is 9.83. The van der Waals surface area contributed by atoms with Crippen LogP contribution in [-0.4, -0.2) is 18.9 Å². The van der Waals surface area contributed by atoms with Gasteiger partial charge >= 0.3 is 5.97 Å². The molecule has 1 fully saturated rings. The number of hydrogen-bond donors (Lipinski definition) is 0. The summed E-state index contributed by atoms with van der Waals surface area (Å²) < 4.78 is 4.92. The van der Waals surface area contributed by atoms with E-state index in [1.165, 1.54) is 44.8 Å². The molecule has 1 aliphatic rings. The zero-order valence-corrected chi connectivity index (χ0v) is 16.1. The largest absolute Gasteiger partial charge is 0.469 e. The molecule has 1 aromatic rings. The number of halogens is 1. The monoisotopic (exact) mass is 364 g/mol. The third-order valence-electron chi connectivity index (χ3n) is 5.20. The molecular weight excluding hydrogens is 336 g/mol. The van der Waals surface area contributed by atoms with Crippen molar-refractivity contribution in [2.75, 3.05) is 7.11 Å². The summed E-state index contributed by atoms with van der Waals surface area (Å²) in [7, 11) is 1.36. The summed E-state index contributed by atoms with van der Waals surface area (Å²) in [4.78, 5) is 24.4. The molecule has 1 unspecified atom stereocenters. The van der Waals surface area contributed by atoms with Gasteiger partial charge in [-0.25, -0.2) is 0 Å². The second-order valence-corrected chi connectivity index (χ2v) is 7.45. The van der Waals surface area contributed by atoms with Crippen molar-refractivity contribution in [3.8, 4) is 0 Å². The number of carbonyl (C=O) groups is 2. The molecule has 138 valence electrons. The van der Waals surface area contributed by atoms with Gasteiger partial charge in [-0.1, -0.05) is 56.3 Å². The van der Waals surface area contributed by atoms with E-state index in [1.807, 2.05) is 18.2 Å². The van der Waals surface area contributed by atoms with Gasteiger partial charge in [-0.2, -0.15) is 0 Å². The Morgan fingerprint density at radius 1 is 1.24 bits per heavy atom. The summed E-state index contributed by atoms with van der Waals surface area (Å²) in [5.74, 6) is -0.318. The van der Waals surface area contributed by atoms with Gasteiger partial charge in [0.1, 0.15) is 5.78 Å². The minimum absolute atomic E-state index is 0.102. The predicted octanol–water partition coefficient (Wildman–Crippen LogP) is 5.79. The Labute approximate surface area is 156 Å². The molecule has 25 heavy (non-hydrogen) atoms. The van der Waals surface area contributed by atoms with Crippen molar-refractivity contribution in [1.29, 1.82) is 0 Å². The van der Waals surface area contributed by atoms with Crippen LogP contribution in [0, 0.1) is 0 Å². The molecule has 4 heteroatoms. The highest BCUT2D eigenvalue weighted by atomic mass is 35.5. The molecular formula is C21H29ClO3. The predicted molar refractivity (Wildman–Crippen MR) is 101 cm³/mol. The van der Waals surface area contributed by atoms with Gasteiger partial charge in [-0.3, -0.25) is 9.59 Å². The topological polar surface area (TPSA) is 43.4 Å². The number of ether oxygens (including phenoxy) is 1. The number of ketones is 1. The molecule has 0 spiro atoms. The lowest BCUT2D eigenvalue weighted by Gasteiger charge is -2.24. The Hall–Kier alpha value is -1.35. The van der Waals surface area contributed by atoms with Crippen molar-refractivity contribution in [3.63, 3.8) is 0 Å². The number of Topliss-reactive ketones (excluding diaryl/α,β-unsaturated/α-hetero) is 1. The average molecular weight is 365 g/mol. The smallest absolute Gasteiger partial charge is 0.313 e. The van der Waals surface area contributed by atoms with E-state index >= 15 is 0 Å². The number of methoxy groups -OCH3 is 1. The number of benzene rings is 1. The highest BCUT2D eigenvalue weighted by molar-refractivity contribution is 6.31. The Morgan fingerprint density at radius 3 is 2.56 bits per heavy atom. The average Bonchev–Trinajstić information content (AvgIpc) is 2.64. The molecule has 0 saturated heterocycles. The van der Waals surface area contributed by atoms with Crippen LogP contribution in [0.1, 0.15) is 87.7 Å². The summed E-state index contributed by atoms with van der Waals surface area (Å²) in [6.45, 7) is 2.05. The second-order valence-electron chi connectivity index (χ2n) is 7.04. The highest BCUT2D eigenvalue weighted by Crippen LogP contribution is 2.37. The summed E-state index contributed by atoms with van der Waals surface area (Å²) in [6.07, 6.45) is 8.67. The normalized spacial score (nSPS) is 16.4. The molecule has 3 nitrogen and oxygen atoms in total. The molecule has 1 saturated carbocycles. The van der Waals surface area contributed by atoms with Gasteiger partial charge in [0.15, 0.2) is 0 Å². The van der Waals surface area contributed by atoms with E-state index in [9.17, 15) is 9.59 Å². The number of hydrogen-bond acceptors (Lipinski definition) is 3. The Morgan fingerprint density at radius 2 is 1.96 bits per heavy atom.